The van der Waals surface area contributed by atoms with Crippen molar-refractivity contribution in [3.63, 3.8) is 0 Å². The molecule has 23 heavy (non-hydrogen) atoms. The molecule has 2 aromatic rings. The van der Waals surface area contributed by atoms with E-state index in [2.05, 4.69) is 9.71 Å². The molecular weight excluding hydrogens is 314 g/mol. The number of aromatic nitrogens is 1. The second-order valence-corrected chi connectivity index (χ2v) is 6.92. The average Bonchev–Trinajstić information content (AvgIpc) is 2.56. The molecule has 3 rings (SSSR count). The van der Waals surface area contributed by atoms with Gasteiger partial charge < -0.3 is 4.74 Å². The van der Waals surface area contributed by atoms with E-state index < -0.39 is 10.2 Å². The van der Waals surface area contributed by atoms with Crippen molar-refractivity contribution in [2.24, 2.45) is 0 Å². The normalized spacial score (nSPS) is 15.0. The summed E-state index contributed by atoms with van der Waals surface area (Å²) in [7, 11) is -3.66. The number of nitrogens with zero attached hydrogens (tertiary/aromatic N) is 2. The maximum Gasteiger partial charge on any atom is 0.302 e. The summed E-state index contributed by atoms with van der Waals surface area (Å²) in [5, 5.41) is 0. The molecule has 1 aromatic heterocycles. The van der Waals surface area contributed by atoms with Gasteiger partial charge in [0.1, 0.15) is 5.69 Å². The third-order valence-corrected chi connectivity index (χ3v) is 5.20. The maximum atomic E-state index is 12.7. The molecule has 0 spiro atoms. The minimum absolute atomic E-state index is 0.288. The van der Waals surface area contributed by atoms with Gasteiger partial charge in [-0.05, 0) is 36.6 Å². The highest BCUT2D eigenvalue weighted by molar-refractivity contribution is 7.90. The van der Waals surface area contributed by atoms with E-state index in [1.54, 1.807) is 18.3 Å². The Labute approximate surface area is 136 Å². The molecule has 0 atom stereocenters. The first-order chi connectivity index (χ1) is 11.1. The lowest BCUT2D eigenvalue weighted by Crippen LogP contribution is -2.39. The van der Waals surface area contributed by atoms with Gasteiger partial charge in [0.2, 0.25) is 5.88 Å². The zero-order valence-corrected chi connectivity index (χ0v) is 13.7. The van der Waals surface area contributed by atoms with Crippen molar-refractivity contribution in [2.75, 3.05) is 17.9 Å². The van der Waals surface area contributed by atoms with E-state index in [1.807, 2.05) is 31.2 Å². The monoisotopic (exact) mass is 333 g/mol. The van der Waals surface area contributed by atoms with Gasteiger partial charge in [0.15, 0.2) is 0 Å². The lowest BCUT2D eigenvalue weighted by atomic mass is 10.0. The molecule has 1 aliphatic heterocycles. The molecule has 0 bridgehead atoms. The molecular formula is C16H19N3O3S. The van der Waals surface area contributed by atoms with E-state index >= 15 is 0 Å². The van der Waals surface area contributed by atoms with Crippen molar-refractivity contribution in [1.29, 1.82) is 0 Å². The number of pyridine rings is 1. The smallest absolute Gasteiger partial charge is 0.302 e. The zero-order valence-electron chi connectivity index (χ0n) is 12.9. The van der Waals surface area contributed by atoms with Crippen LogP contribution < -0.4 is 9.46 Å². The number of nitrogens with one attached hydrogen (secondary N) is 1. The Morgan fingerprint density at radius 3 is 2.78 bits per heavy atom. The van der Waals surface area contributed by atoms with Crippen molar-refractivity contribution in [1.82, 2.24) is 9.29 Å². The molecule has 0 unspecified atom stereocenters. The molecule has 0 amide bonds. The summed E-state index contributed by atoms with van der Waals surface area (Å²) in [6.45, 7) is 3.07. The highest BCUT2D eigenvalue weighted by atomic mass is 32.2. The first-order valence-corrected chi connectivity index (χ1v) is 8.96. The molecule has 6 nitrogen and oxygen atoms in total. The second-order valence-electron chi connectivity index (χ2n) is 5.25. The molecule has 0 aliphatic carbocycles. The number of benzene rings is 1. The molecule has 0 saturated heterocycles. The fourth-order valence-corrected chi connectivity index (χ4v) is 3.80. The van der Waals surface area contributed by atoms with Crippen molar-refractivity contribution in [3.8, 4) is 5.88 Å². The lowest BCUT2D eigenvalue weighted by molar-refractivity contribution is 0.328. The molecule has 0 radical (unpaired) electrons. The largest absolute Gasteiger partial charge is 0.476 e. The summed E-state index contributed by atoms with van der Waals surface area (Å²) in [5.74, 6) is 0.288. The summed E-state index contributed by atoms with van der Waals surface area (Å²) >= 11 is 0. The molecule has 0 fully saturated rings. The van der Waals surface area contributed by atoms with Crippen molar-refractivity contribution in [3.05, 3.63) is 53.7 Å². The Hall–Kier alpha value is -2.12. The first-order valence-electron chi connectivity index (χ1n) is 7.52. The van der Waals surface area contributed by atoms with Crippen molar-refractivity contribution >= 4 is 15.9 Å². The Morgan fingerprint density at radius 2 is 2.00 bits per heavy atom. The van der Waals surface area contributed by atoms with E-state index in [9.17, 15) is 8.42 Å². The van der Waals surface area contributed by atoms with Crippen molar-refractivity contribution in [2.45, 2.75) is 19.9 Å². The number of anilines is 1. The SMILES string of the molecule is CCOc1ncccc1NS(=O)(=O)N1CCc2ccccc2C1. The van der Waals surface area contributed by atoms with Gasteiger partial charge in [-0.25, -0.2) is 4.98 Å². The van der Waals surface area contributed by atoms with Crippen LogP contribution in [0.1, 0.15) is 18.1 Å². The van der Waals surface area contributed by atoms with Gasteiger partial charge in [-0.3, -0.25) is 4.72 Å². The van der Waals surface area contributed by atoms with Crippen LogP contribution in [0.15, 0.2) is 42.6 Å². The minimum atomic E-state index is -3.66. The third kappa shape index (κ3) is 3.46. The topological polar surface area (TPSA) is 71.5 Å². The van der Waals surface area contributed by atoms with E-state index in [0.29, 0.717) is 31.8 Å². The fraction of sp³-hybridized carbons (Fsp3) is 0.312. The summed E-state index contributed by atoms with van der Waals surface area (Å²) in [6, 6.07) is 11.2. The molecule has 7 heteroatoms. The minimum Gasteiger partial charge on any atom is -0.476 e. The maximum absolute atomic E-state index is 12.7. The predicted molar refractivity (Wildman–Crippen MR) is 88.5 cm³/mol. The first kappa shape index (κ1) is 15.8. The lowest BCUT2D eigenvalue weighted by Gasteiger charge is -2.28. The molecule has 0 saturated carbocycles. The van der Waals surface area contributed by atoms with E-state index in [0.717, 1.165) is 5.56 Å². The Bertz CT molecular complexity index is 793. The second kappa shape index (κ2) is 6.55. The van der Waals surface area contributed by atoms with Gasteiger partial charge >= 0.3 is 10.2 Å². The standard InChI is InChI=1S/C16H19N3O3S/c1-2-22-16-15(8-5-10-17-16)18-23(20,21)19-11-9-13-6-3-4-7-14(13)12-19/h3-8,10,18H,2,9,11-12H2,1H3. The van der Waals surface area contributed by atoms with Crippen LogP contribution in [0.2, 0.25) is 0 Å². The number of fused-ring (bicyclic) bond motifs is 1. The number of hydrogen-bond acceptors (Lipinski definition) is 4. The van der Waals surface area contributed by atoms with E-state index in [4.69, 9.17) is 4.74 Å². The molecule has 122 valence electrons. The molecule has 1 aromatic carbocycles. The van der Waals surface area contributed by atoms with E-state index in [-0.39, 0.29) is 5.88 Å². The van der Waals surface area contributed by atoms with Crippen LogP contribution in [0.5, 0.6) is 5.88 Å². The summed E-state index contributed by atoms with van der Waals surface area (Å²) in [5.41, 5.74) is 2.60. The van der Waals surface area contributed by atoms with Gasteiger partial charge in [0.25, 0.3) is 0 Å². The van der Waals surface area contributed by atoms with E-state index in [1.165, 1.54) is 9.87 Å². The van der Waals surface area contributed by atoms with Gasteiger partial charge in [-0.1, -0.05) is 24.3 Å². The highest BCUT2D eigenvalue weighted by Gasteiger charge is 2.27. The average molecular weight is 333 g/mol. The molecule has 1 N–H and O–H groups in total. The number of hydrogen-bond donors (Lipinski definition) is 1. The van der Waals surface area contributed by atoms with Crippen LogP contribution in [0.4, 0.5) is 5.69 Å². The zero-order chi connectivity index (χ0) is 16.3. The quantitative estimate of drug-likeness (QED) is 0.910. The van der Waals surface area contributed by atoms with Gasteiger partial charge in [-0.15, -0.1) is 0 Å². The Balaban J connectivity index is 1.81. The summed E-state index contributed by atoms with van der Waals surface area (Å²) in [4.78, 5) is 4.07. The molecule has 2 heterocycles. The number of rotatable bonds is 5. The van der Waals surface area contributed by atoms with Crippen LogP contribution in [-0.4, -0.2) is 30.9 Å². The third-order valence-electron chi connectivity index (χ3n) is 3.73. The van der Waals surface area contributed by atoms with Crippen LogP contribution in [0.25, 0.3) is 0 Å². The van der Waals surface area contributed by atoms with Gasteiger partial charge in [0.05, 0.1) is 6.61 Å². The van der Waals surface area contributed by atoms with Crippen LogP contribution in [0.3, 0.4) is 0 Å². The summed E-state index contributed by atoms with van der Waals surface area (Å²) in [6.07, 6.45) is 2.28. The van der Waals surface area contributed by atoms with Crippen LogP contribution in [-0.2, 0) is 23.2 Å². The van der Waals surface area contributed by atoms with Crippen LogP contribution >= 0.6 is 0 Å². The Kier molecular flexibility index (Phi) is 4.49. The van der Waals surface area contributed by atoms with Gasteiger partial charge in [-0.2, -0.15) is 12.7 Å². The van der Waals surface area contributed by atoms with Crippen molar-refractivity contribution < 1.29 is 13.2 Å². The molecule has 1 aliphatic rings. The van der Waals surface area contributed by atoms with Gasteiger partial charge in [0, 0.05) is 19.3 Å². The predicted octanol–water partition coefficient (Wildman–Crippen LogP) is 2.20. The number of ether oxygens (including phenoxy) is 1. The fourth-order valence-electron chi connectivity index (χ4n) is 2.60. The van der Waals surface area contributed by atoms with Crippen LogP contribution in [0, 0.1) is 0 Å². The summed E-state index contributed by atoms with van der Waals surface area (Å²) < 4.78 is 34.7. The Morgan fingerprint density at radius 1 is 1.22 bits per heavy atom. The highest BCUT2D eigenvalue weighted by Crippen LogP contribution is 2.25.